The van der Waals surface area contributed by atoms with Crippen LogP contribution in [-0.2, 0) is 0 Å². The third-order valence-corrected chi connectivity index (χ3v) is 3.72. The van der Waals surface area contributed by atoms with Gasteiger partial charge in [0.1, 0.15) is 10.8 Å². The molecule has 1 unspecified atom stereocenters. The van der Waals surface area contributed by atoms with Crippen molar-refractivity contribution < 1.29 is 0 Å². The summed E-state index contributed by atoms with van der Waals surface area (Å²) >= 11 is 5.01. The van der Waals surface area contributed by atoms with Crippen LogP contribution in [0.3, 0.4) is 0 Å². The first-order valence-corrected chi connectivity index (χ1v) is 6.66. The summed E-state index contributed by atoms with van der Waals surface area (Å²) in [5.41, 5.74) is 6.56. The van der Waals surface area contributed by atoms with Crippen molar-refractivity contribution in [2.24, 2.45) is 5.73 Å². The van der Waals surface area contributed by atoms with Crippen molar-refractivity contribution in [1.29, 1.82) is 0 Å². The van der Waals surface area contributed by atoms with Gasteiger partial charge in [-0.05, 0) is 39.1 Å². The average molecular weight is 264 g/mol. The fourth-order valence-electron chi connectivity index (χ4n) is 2.33. The smallest absolute Gasteiger partial charge is 0.129 e. The monoisotopic (exact) mass is 264 g/mol. The number of nitrogens with zero attached hydrogens (tertiary/aromatic N) is 3. The standard InChI is InChI=1S/C13H20N4S/c1-16(2)11-4-3-7-17(9-11)12-8-10(13(14)18)5-6-15-12/h5-6,8,11H,3-4,7,9H2,1-2H3,(H2,14,18). The van der Waals surface area contributed by atoms with Crippen LogP contribution in [0.25, 0.3) is 0 Å². The molecule has 0 spiro atoms. The van der Waals surface area contributed by atoms with Crippen molar-refractivity contribution >= 4 is 23.0 Å². The van der Waals surface area contributed by atoms with Crippen LogP contribution in [0.5, 0.6) is 0 Å². The highest BCUT2D eigenvalue weighted by molar-refractivity contribution is 7.80. The highest BCUT2D eigenvalue weighted by Crippen LogP contribution is 2.20. The molecule has 0 bridgehead atoms. The number of piperidine rings is 1. The number of nitrogens with two attached hydrogens (primary N) is 1. The summed E-state index contributed by atoms with van der Waals surface area (Å²) < 4.78 is 0. The number of likely N-dealkylation sites (N-methyl/N-ethyl adjacent to an activating group) is 1. The molecule has 0 radical (unpaired) electrons. The Kier molecular flexibility index (Phi) is 4.14. The molecular weight excluding hydrogens is 244 g/mol. The van der Waals surface area contributed by atoms with E-state index in [2.05, 4.69) is 28.9 Å². The highest BCUT2D eigenvalue weighted by Gasteiger charge is 2.22. The lowest BCUT2D eigenvalue weighted by Gasteiger charge is -2.36. The fraction of sp³-hybridized carbons (Fsp3) is 0.538. The van der Waals surface area contributed by atoms with Crippen LogP contribution in [0.4, 0.5) is 5.82 Å². The van der Waals surface area contributed by atoms with E-state index < -0.39 is 0 Å². The van der Waals surface area contributed by atoms with Crippen LogP contribution in [0.15, 0.2) is 18.3 Å². The van der Waals surface area contributed by atoms with Crippen LogP contribution in [0.1, 0.15) is 18.4 Å². The van der Waals surface area contributed by atoms with E-state index in [1.54, 1.807) is 6.20 Å². The molecule has 2 heterocycles. The maximum Gasteiger partial charge on any atom is 0.129 e. The van der Waals surface area contributed by atoms with Gasteiger partial charge in [-0.1, -0.05) is 12.2 Å². The van der Waals surface area contributed by atoms with E-state index in [1.807, 2.05) is 12.1 Å². The van der Waals surface area contributed by atoms with Crippen LogP contribution in [0, 0.1) is 0 Å². The Hall–Kier alpha value is -1.20. The summed E-state index contributed by atoms with van der Waals surface area (Å²) in [6.07, 6.45) is 4.23. The fourth-order valence-corrected chi connectivity index (χ4v) is 2.46. The molecule has 0 aliphatic carbocycles. The molecular formula is C13H20N4S. The summed E-state index contributed by atoms with van der Waals surface area (Å²) in [6, 6.07) is 4.44. The zero-order valence-corrected chi connectivity index (χ0v) is 11.8. The first-order valence-electron chi connectivity index (χ1n) is 6.25. The molecule has 18 heavy (non-hydrogen) atoms. The lowest BCUT2D eigenvalue weighted by Crippen LogP contribution is -2.45. The van der Waals surface area contributed by atoms with Gasteiger partial charge in [0.05, 0.1) is 0 Å². The van der Waals surface area contributed by atoms with Crippen molar-refractivity contribution in [3.05, 3.63) is 23.9 Å². The lowest BCUT2D eigenvalue weighted by molar-refractivity contribution is 0.257. The number of pyridine rings is 1. The predicted octanol–water partition coefficient (Wildman–Crippen LogP) is 1.25. The Morgan fingerprint density at radius 1 is 1.56 bits per heavy atom. The van der Waals surface area contributed by atoms with E-state index in [1.165, 1.54) is 12.8 Å². The van der Waals surface area contributed by atoms with Crippen LogP contribution >= 0.6 is 12.2 Å². The van der Waals surface area contributed by atoms with Gasteiger partial charge in [-0.15, -0.1) is 0 Å². The van der Waals surface area contributed by atoms with E-state index in [0.29, 0.717) is 11.0 Å². The summed E-state index contributed by atoms with van der Waals surface area (Å²) in [6.45, 7) is 2.07. The Bertz CT molecular complexity index is 433. The minimum atomic E-state index is 0.430. The Balaban J connectivity index is 2.15. The minimum Gasteiger partial charge on any atom is -0.389 e. The molecule has 1 aliphatic heterocycles. The van der Waals surface area contributed by atoms with Gasteiger partial charge in [0.25, 0.3) is 0 Å². The van der Waals surface area contributed by atoms with E-state index in [-0.39, 0.29) is 0 Å². The number of rotatable bonds is 3. The zero-order chi connectivity index (χ0) is 13.1. The van der Waals surface area contributed by atoms with Gasteiger partial charge in [-0.25, -0.2) is 4.98 Å². The molecule has 0 amide bonds. The normalized spacial score (nSPS) is 20.2. The number of thiocarbonyl (C=S) groups is 1. The Morgan fingerprint density at radius 2 is 2.33 bits per heavy atom. The van der Waals surface area contributed by atoms with Gasteiger partial charge in [-0.3, -0.25) is 0 Å². The Morgan fingerprint density at radius 3 is 3.00 bits per heavy atom. The molecule has 0 saturated carbocycles. The van der Waals surface area contributed by atoms with E-state index in [9.17, 15) is 0 Å². The maximum atomic E-state index is 5.66. The van der Waals surface area contributed by atoms with Crippen LogP contribution < -0.4 is 10.6 Å². The van der Waals surface area contributed by atoms with Crippen molar-refractivity contribution in [2.75, 3.05) is 32.1 Å². The van der Waals surface area contributed by atoms with Crippen molar-refractivity contribution in [1.82, 2.24) is 9.88 Å². The minimum absolute atomic E-state index is 0.430. The van der Waals surface area contributed by atoms with E-state index in [0.717, 1.165) is 24.5 Å². The molecule has 1 saturated heterocycles. The first-order chi connectivity index (χ1) is 8.58. The maximum absolute atomic E-state index is 5.66. The summed E-state index contributed by atoms with van der Waals surface area (Å²) in [5, 5.41) is 0. The summed E-state index contributed by atoms with van der Waals surface area (Å²) in [7, 11) is 4.26. The highest BCUT2D eigenvalue weighted by atomic mass is 32.1. The van der Waals surface area contributed by atoms with Gasteiger partial charge >= 0.3 is 0 Å². The van der Waals surface area contributed by atoms with Gasteiger partial charge < -0.3 is 15.5 Å². The Labute approximate surface area is 114 Å². The van der Waals surface area contributed by atoms with Crippen LogP contribution in [-0.4, -0.2) is 48.1 Å². The largest absolute Gasteiger partial charge is 0.389 e. The zero-order valence-electron chi connectivity index (χ0n) is 11.0. The molecule has 4 nitrogen and oxygen atoms in total. The summed E-state index contributed by atoms with van der Waals surface area (Å²) in [5.74, 6) is 0.979. The molecule has 1 fully saturated rings. The number of aromatic nitrogens is 1. The van der Waals surface area contributed by atoms with Gasteiger partial charge in [0.2, 0.25) is 0 Å². The molecule has 2 rings (SSSR count). The number of anilines is 1. The molecule has 1 aromatic rings. The summed E-state index contributed by atoms with van der Waals surface area (Å²) in [4.78, 5) is 9.46. The van der Waals surface area contributed by atoms with Gasteiger partial charge in [0.15, 0.2) is 0 Å². The quantitative estimate of drug-likeness (QED) is 0.832. The molecule has 5 heteroatoms. The number of hydrogen-bond acceptors (Lipinski definition) is 4. The lowest BCUT2D eigenvalue weighted by atomic mass is 10.0. The predicted molar refractivity (Wildman–Crippen MR) is 79.0 cm³/mol. The van der Waals surface area contributed by atoms with Crippen molar-refractivity contribution in [3.8, 4) is 0 Å². The SMILES string of the molecule is CN(C)C1CCCN(c2cc(C(N)=S)ccn2)C1. The molecule has 98 valence electrons. The second-order valence-corrected chi connectivity index (χ2v) is 5.41. The topological polar surface area (TPSA) is 45.4 Å². The second-order valence-electron chi connectivity index (χ2n) is 4.97. The molecule has 1 aromatic heterocycles. The third-order valence-electron chi connectivity index (χ3n) is 3.48. The molecule has 0 aromatic carbocycles. The molecule has 2 N–H and O–H groups in total. The van der Waals surface area contributed by atoms with Crippen LogP contribution in [0.2, 0.25) is 0 Å². The van der Waals surface area contributed by atoms with Gasteiger partial charge in [-0.2, -0.15) is 0 Å². The van der Waals surface area contributed by atoms with E-state index >= 15 is 0 Å². The number of hydrogen-bond donors (Lipinski definition) is 1. The molecule has 1 atom stereocenters. The van der Waals surface area contributed by atoms with Gasteiger partial charge in [0, 0.05) is 30.9 Å². The average Bonchev–Trinajstić information content (AvgIpc) is 2.39. The van der Waals surface area contributed by atoms with E-state index in [4.69, 9.17) is 18.0 Å². The molecule has 1 aliphatic rings. The first kappa shape index (κ1) is 13.2. The van der Waals surface area contributed by atoms with Crippen molar-refractivity contribution in [2.45, 2.75) is 18.9 Å². The third kappa shape index (κ3) is 2.97. The second kappa shape index (κ2) is 5.63. The van der Waals surface area contributed by atoms with Crippen molar-refractivity contribution in [3.63, 3.8) is 0 Å².